The van der Waals surface area contributed by atoms with Crippen LogP contribution in [0.1, 0.15) is 41.6 Å². The molecule has 1 saturated carbocycles. The third kappa shape index (κ3) is 3.32. The lowest BCUT2D eigenvalue weighted by molar-refractivity contribution is -0.121. The summed E-state index contributed by atoms with van der Waals surface area (Å²) in [6.07, 6.45) is 2.55. The first-order valence-corrected chi connectivity index (χ1v) is 8.24. The molecule has 2 aromatic carbocycles. The zero-order chi connectivity index (χ0) is 17.0. The molecule has 0 spiro atoms. The van der Waals surface area contributed by atoms with Gasteiger partial charge < -0.3 is 10.4 Å². The van der Waals surface area contributed by atoms with Crippen LogP contribution in [0, 0.1) is 0 Å². The summed E-state index contributed by atoms with van der Waals surface area (Å²) < 4.78 is 0. The fourth-order valence-electron chi connectivity index (χ4n) is 3.38. The molecule has 2 N–H and O–H groups in total. The van der Waals surface area contributed by atoms with E-state index in [-0.39, 0.29) is 28.4 Å². The number of benzene rings is 2. The SMILES string of the molecule is O=C1CCC(CNC(=O)c2ccccc2O)(c2ccccc2)CC1. The molecule has 0 unspecified atom stereocenters. The Morgan fingerprint density at radius 3 is 2.29 bits per heavy atom. The second kappa shape index (κ2) is 6.87. The molecule has 0 heterocycles. The number of para-hydroxylation sites is 1. The summed E-state index contributed by atoms with van der Waals surface area (Å²) in [5.41, 5.74) is 1.19. The van der Waals surface area contributed by atoms with Crippen molar-refractivity contribution >= 4 is 11.7 Å². The highest BCUT2D eigenvalue weighted by Gasteiger charge is 2.36. The predicted molar refractivity (Wildman–Crippen MR) is 92.0 cm³/mol. The van der Waals surface area contributed by atoms with Crippen LogP contribution in [0.15, 0.2) is 54.6 Å². The number of nitrogens with one attached hydrogen (secondary N) is 1. The summed E-state index contributed by atoms with van der Waals surface area (Å²) in [6.45, 7) is 0.456. The highest BCUT2D eigenvalue weighted by atomic mass is 16.3. The van der Waals surface area contributed by atoms with E-state index in [0.717, 1.165) is 18.4 Å². The molecule has 4 heteroatoms. The maximum atomic E-state index is 12.4. The molecule has 1 amide bonds. The number of carbonyl (C=O) groups excluding carboxylic acids is 2. The van der Waals surface area contributed by atoms with Gasteiger partial charge in [0.1, 0.15) is 11.5 Å². The van der Waals surface area contributed by atoms with Gasteiger partial charge in [-0.25, -0.2) is 0 Å². The number of aromatic hydroxyl groups is 1. The summed E-state index contributed by atoms with van der Waals surface area (Å²) in [5, 5.41) is 12.8. The number of rotatable bonds is 4. The number of Topliss-reactive ketones (excluding diaryl/α,β-unsaturated/α-hetero) is 1. The van der Waals surface area contributed by atoms with Gasteiger partial charge in [-0.05, 0) is 30.5 Å². The average Bonchev–Trinajstić information content (AvgIpc) is 2.62. The topological polar surface area (TPSA) is 66.4 Å². The lowest BCUT2D eigenvalue weighted by Gasteiger charge is -2.37. The molecule has 4 nitrogen and oxygen atoms in total. The van der Waals surface area contributed by atoms with Crippen molar-refractivity contribution in [3.63, 3.8) is 0 Å². The van der Waals surface area contributed by atoms with Gasteiger partial charge in [0.05, 0.1) is 5.56 Å². The Hall–Kier alpha value is -2.62. The van der Waals surface area contributed by atoms with Crippen molar-refractivity contribution in [1.82, 2.24) is 5.32 Å². The van der Waals surface area contributed by atoms with Gasteiger partial charge >= 0.3 is 0 Å². The van der Waals surface area contributed by atoms with Gasteiger partial charge in [0.25, 0.3) is 5.91 Å². The van der Waals surface area contributed by atoms with Crippen LogP contribution >= 0.6 is 0 Å². The summed E-state index contributed by atoms with van der Waals surface area (Å²) in [6, 6.07) is 16.6. The molecule has 1 fully saturated rings. The van der Waals surface area contributed by atoms with E-state index in [4.69, 9.17) is 0 Å². The van der Waals surface area contributed by atoms with Crippen LogP contribution in [0.5, 0.6) is 5.75 Å². The van der Waals surface area contributed by atoms with Crippen molar-refractivity contribution in [2.75, 3.05) is 6.54 Å². The molecule has 1 aliphatic carbocycles. The Morgan fingerprint density at radius 1 is 1.00 bits per heavy atom. The van der Waals surface area contributed by atoms with Crippen molar-refractivity contribution in [2.24, 2.45) is 0 Å². The quantitative estimate of drug-likeness (QED) is 0.908. The van der Waals surface area contributed by atoms with Crippen LogP contribution in [-0.2, 0) is 10.2 Å². The van der Waals surface area contributed by atoms with E-state index >= 15 is 0 Å². The van der Waals surface area contributed by atoms with Crippen molar-refractivity contribution in [3.05, 3.63) is 65.7 Å². The number of amides is 1. The first-order chi connectivity index (χ1) is 11.6. The Labute approximate surface area is 141 Å². The highest BCUT2D eigenvalue weighted by molar-refractivity contribution is 5.96. The van der Waals surface area contributed by atoms with Crippen LogP contribution in [0.3, 0.4) is 0 Å². The molecule has 2 aromatic rings. The summed E-state index contributed by atoms with van der Waals surface area (Å²) >= 11 is 0. The van der Waals surface area contributed by atoms with E-state index in [2.05, 4.69) is 17.4 Å². The Kier molecular flexibility index (Phi) is 4.65. The molecule has 0 bridgehead atoms. The molecule has 3 rings (SSSR count). The molecule has 1 aliphatic rings. The van der Waals surface area contributed by atoms with E-state index in [9.17, 15) is 14.7 Å². The molecule has 0 radical (unpaired) electrons. The van der Waals surface area contributed by atoms with Crippen molar-refractivity contribution < 1.29 is 14.7 Å². The van der Waals surface area contributed by atoms with Gasteiger partial charge in [-0.3, -0.25) is 9.59 Å². The molecule has 0 atom stereocenters. The van der Waals surface area contributed by atoms with Crippen LogP contribution in [-0.4, -0.2) is 23.3 Å². The largest absolute Gasteiger partial charge is 0.507 e. The van der Waals surface area contributed by atoms with Crippen LogP contribution in [0.4, 0.5) is 0 Å². The zero-order valence-electron chi connectivity index (χ0n) is 13.5. The third-order valence-corrected chi connectivity index (χ3v) is 4.89. The van der Waals surface area contributed by atoms with Gasteiger partial charge in [-0.1, -0.05) is 42.5 Å². The zero-order valence-corrected chi connectivity index (χ0v) is 13.5. The average molecular weight is 323 g/mol. The van der Waals surface area contributed by atoms with Crippen LogP contribution < -0.4 is 5.32 Å². The van der Waals surface area contributed by atoms with Crippen molar-refractivity contribution in [2.45, 2.75) is 31.1 Å². The Bertz CT molecular complexity index is 730. The van der Waals surface area contributed by atoms with Gasteiger partial charge in [0.2, 0.25) is 0 Å². The fraction of sp³-hybridized carbons (Fsp3) is 0.300. The Morgan fingerprint density at radius 2 is 1.62 bits per heavy atom. The fourth-order valence-corrected chi connectivity index (χ4v) is 3.38. The van der Waals surface area contributed by atoms with Crippen LogP contribution in [0.25, 0.3) is 0 Å². The third-order valence-electron chi connectivity index (χ3n) is 4.89. The predicted octanol–water partition coefficient (Wildman–Crippen LogP) is 3.20. The highest BCUT2D eigenvalue weighted by Crippen LogP contribution is 2.37. The second-order valence-electron chi connectivity index (χ2n) is 6.38. The van der Waals surface area contributed by atoms with Crippen LogP contribution in [0.2, 0.25) is 0 Å². The molecular weight excluding hydrogens is 302 g/mol. The van der Waals surface area contributed by atoms with E-state index < -0.39 is 0 Å². The summed E-state index contributed by atoms with van der Waals surface area (Å²) in [4.78, 5) is 24.1. The number of phenolic OH excluding ortho intramolecular Hbond substituents is 1. The van der Waals surface area contributed by atoms with E-state index in [1.165, 1.54) is 6.07 Å². The lowest BCUT2D eigenvalue weighted by atomic mass is 9.69. The first kappa shape index (κ1) is 16.2. The molecule has 24 heavy (non-hydrogen) atoms. The first-order valence-electron chi connectivity index (χ1n) is 8.24. The minimum Gasteiger partial charge on any atom is -0.507 e. The number of hydrogen-bond acceptors (Lipinski definition) is 3. The maximum Gasteiger partial charge on any atom is 0.255 e. The summed E-state index contributed by atoms with van der Waals surface area (Å²) in [7, 11) is 0. The lowest BCUT2D eigenvalue weighted by Crippen LogP contribution is -2.43. The normalized spacial score (nSPS) is 16.6. The molecule has 0 aromatic heterocycles. The number of carbonyl (C=O) groups is 2. The van der Waals surface area contributed by atoms with E-state index in [0.29, 0.717) is 19.4 Å². The molecule has 124 valence electrons. The van der Waals surface area contributed by atoms with Gasteiger partial charge in [-0.2, -0.15) is 0 Å². The van der Waals surface area contributed by atoms with Gasteiger partial charge in [-0.15, -0.1) is 0 Å². The Balaban J connectivity index is 1.79. The molecule has 0 aliphatic heterocycles. The number of ketones is 1. The summed E-state index contributed by atoms with van der Waals surface area (Å²) in [5.74, 6) is -0.0310. The van der Waals surface area contributed by atoms with Gasteiger partial charge in [0.15, 0.2) is 0 Å². The number of phenols is 1. The van der Waals surface area contributed by atoms with Crippen molar-refractivity contribution in [3.8, 4) is 5.75 Å². The second-order valence-corrected chi connectivity index (χ2v) is 6.38. The number of hydrogen-bond donors (Lipinski definition) is 2. The smallest absolute Gasteiger partial charge is 0.255 e. The maximum absolute atomic E-state index is 12.4. The molecule has 0 saturated heterocycles. The molecular formula is C20H21NO3. The van der Waals surface area contributed by atoms with E-state index in [1.807, 2.05) is 18.2 Å². The minimum atomic E-state index is -0.291. The van der Waals surface area contributed by atoms with E-state index in [1.54, 1.807) is 18.2 Å². The van der Waals surface area contributed by atoms with Crippen molar-refractivity contribution in [1.29, 1.82) is 0 Å². The monoisotopic (exact) mass is 323 g/mol. The minimum absolute atomic E-state index is 0.0254. The van der Waals surface area contributed by atoms with Gasteiger partial charge in [0, 0.05) is 24.8 Å². The standard InChI is InChI=1S/C20H21NO3/c22-16-10-12-20(13-11-16,15-6-2-1-3-7-15)14-21-19(24)17-8-4-5-9-18(17)23/h1-9,23H,10-14H2,(H,21,24).